The van der Waals surface area contributed by atoms with Crippen LogP contribution in [0.1, 0.15) is 67.4 Å². The smallest absolute Gasteiger partial charge is 0.337 e. The summed E-state index contributed by atoms with van der Waals surface area (Å²) in [5.41, 5.74) is -3.15. The Morgan fingerprint density at radius 2 is 1.30 bits per heavy atom. The highest BCUT2D eigenvalue weighted by molar-refractivity contribution is 5.80. The van der Waals surface area contributed by atoms with Gasteiger partial charge in [0.1, 0.15) is 12.0 Å². The topological polar surface area (TPSA) is 107 Å². The lowest BCUT2D eigenvalue weighted by Crippen LogP contribution is -2.47. The molecule has 0 N–H and O–H groups in total. The van der Waals surface area contributed by atoms with Crippen molar-refractivity contribution in [1.29, 1.82) is 0 Å². The second kappa shape index (κ2) is 15.1. The average molecular weight is 525 g/mol. The van der Waals surface area contributed by atoms with Crippen molar-refractivity contribution in [2.24, 2.45) is 5.41 Å². The third kappa shape index (κ3) is 11.6. The fourth-order valence-electron chi connectivity index (χ4n) is 2.88. The number of hydrogen-bond acceptors (Lipinski definition) is 9. The third-order valence-electron chi connectivity index (χ3n) is 5.44. The summed E-state index contributed by atoms with van der Waals surface area (Å²) in [6.45, 7) is 13.9. The van der Waals surface area contributed by atoms with Crippen LogP contribution in [0, 0.1) is 5.41 Å². The van der Waals surface area contributed by atoms with Crippen LogP contribution in [0.15, 0.2) is 30.3 Å². The van der Waals surface area contributed by atoms with Gasteiger partial charge < -0.3 is 28.4 Å². The normalized spacial score (nSPS) is 13.6. The van der Waals surface area contributed by atoms with Gasteiger partial charge in [0.05, 0.1) is 39.1 Å². The summed E-state index contributed by atoms with van der Waals surface area (Å²) in [5, 5.41) is 0. The van der Waals surface area contributed by atoms with E-state index in [-0.39, 0.29) is 39.1 Å². The molecule has 0 saturated heterocycles. The molecule has 0 aliphatic heterocycles. The first kappa shape index (κ1) is 32.5. The summed E-state index contributed by atoms with van der Waals surface area (Å²) in [6.07, 6.45) is 0.658. The maximum Gasteiger partial charge on any atom is 0.337 e. The van der Waals surface area contributed by atoms with Gasteiger partial charge in [-0.2, -0.15) is 0 Å². The van der Waals surface area contributed by atoms with E-state index in [4.69, 9.17) is 28.4 Å². The number of esters is 3. The summed E-state index contributed by atoms with van der Waals surface area (Å²) in [6, 6.07) is 9.24. The largest absolute Gasteiger partial charge is 0.464 e. The molecule has 9 nitrogen and oxygen atoms in total. The Balaban J connectivity index is 2.87. The Bertz CT molecular complexity index is 848. The van der Waals surface area contributed by atoms with E-state index in [0.717, 1.165) is 5.56 Å². The first-order valence-corrected chi connectivity index (χ1v) is 12.7. The van der Waals surface area contributed by atoms with E-state index in [1.54, 1.807) is 41.5 Å². The maximum absolute atomic E-state index is 13.2. The highest BCUT2D eigenvalue weighted by Crippen LogP contribution is 2.27. The van der Waals surface area contributed by atoms with Gasteiger partial charge in [0, 0.05) is 6.42 Å². The SMILES string of the molecule is CCOC(=O)C(C)(C)OCC(C)(COC(C)(C)C(=O)OCCCOC(C)C)C(=O)OCc1ccccc1. The molecule has 0 aliphatic rings. The fraction of sp³-hybridized carbons (Fsp3) is 0.679. The lowest BCUT2D eigenvalue weighted by Gasteiger charge is -2.34. The van der Waals surface area contributed by atoms with Crippen molar-refractivity contribution in [3.8, 4) is 0 Å². The van der Waals surface area contributed by atoms with Gasteiger partial charge in [-0.3, -0.25) is 4.79 Å². The predicted molar refractivity (Wildman–Crippen MR) is 138 cm³/mol. The summed E-state index contributed by atoms with van der Waals surface area (Å²) in [5.74, 6) is -1.71. The number of hydrogen-bond donors (Lipinski definition) is 0. The first-order chi connectivity index (χ1) is 17.2. The summed E-state index contributed by atoms with van der Waals surface area (Å²) in [4.78, 5) is 38.1. The van der Waals surface area contributed by atoms with Crippen LogP contribution >= 0.6 is 0 Å². The molecule has 210 valence electrons. The minimum atomic E-state index is -1.34. The standard InChI is InChI=1S/C28H44O9/c1-9-32-23(29)26(4,5)36-19-28(8,25(31)35-18-22-14-11-10-12-15-22)20-37-27(6,7)24(30)34-17-13-16-33-21(2)3/h10-12,14-15,21H,9,13,16-20H2,1-8H3. The molecule has 1 unspecified atom stereocenters. The molecule has 0 radical (unpaired) electrons. The Hall–Kier alpha value is -2.49. The van der Waals surface area contributed by atoms with E-state index in [1.165, 1.54) is 0 Å². The Morgan fingerprint density at radius 1 is 0.757 bits per heavy atom. The van der Waals surface area contributed by atoms with Crippen molar-refractivity contribution in [3.05, 3.63) is 35.9 Å². The summed E-state index contributed by atoms with van der Waals surface area (Å²) in [7, 11) is 0. The van der Waals surface area contributed by atoms with Crippen molar-refractivity contribution in [1.82, 2.24) is 0 Å². The van der Waals surface area contributed by atoms with Gasteiger partial charge in [-0.25, -0.2) is 9.59 Å². The Kier molecular flexibility index (Phi) is 13.2. The highest BCUT2D eigenvalue weighted by Gasteiger charge is 2.43. The molecule has 1 rings (SSSR count). The van der Waals surface area contributed by atoms with Crippen molar-refractivity contribution >= 4 is 17.9 Å². The van der Waals surface area contributed by atoms with Crippen LogP contribution in [-0.4, -0.2) is 68.2 Å². The van der Waals surface area contributed by atoms with Crippen molar-refractivity contribution in [2.75, 3.05) is 33.0 Å². The lowest BCUT2D eigenvalue weighted by molar-refractivity contribution is -0.191. The van der Waals surface area contributed by atoms with Crippen LogP contribution in [0.2, 0.25) is 0 Å². The van der Waals surface area contributed by atoms with Crippen LogP contribution in [-0.2, 0) is 49.4 Å². The van der Waals surface area contributed by atoms with Crippen molar-refractivity contribution < 1.29 is 42.8 Å². The molecule has 1 atom stereocenters. The van der Waals surface area contributed by atoms with Crippen molar-refractivity contribution in [3.63, 3.8) is 0 Å². The molecule has 1 aromatic rings. The summed E-state index contributed by atoms with van der Waals surface area (Å²) >= 11 is 0. The molecule has 0 amide bonds. The molecule has 0 bridgehead atoms. The van der Waals surface area contributed by atoms with Crippen LogP contribution in [0.3, 0.4) is 0 Å². The number of carbonyl (C=O) groups excluding carboxylic acids is 3. The molecular formula is C28H44O9. The van der Waals surface area contributed by atoms with Crippen LogP contribution in [0.4, 0.5) is 0 Å². The average Bonchev–Trinajstić information content (AvgIpc) is 2.85. The minimum absolute atomic E-state index is 0.0560. The van der Waals surface area contributed by atoms with Crippen LogP contribution in [0.5, 0.6) is 0 Å². The molecule has 0 spiro atoms. The lowest BCUT2D eigenvalue weighted by atomic mass is 9.92. The van der Waals surface area contributed by atoms with Gasteiger partial charge in [0.15, 0.2) is 11.2 Å². The number of benzene rings is 1. The van der Waals surface area contributed by atoms with E-state index in [2.05, 4.69) is 0 Å². The van der Waals surface area contributed by atoms with E-state index >= 15 is 0 Å². The Morgan fingerprint density at radius 3 is 1.81 bits per heavy atom. The van der Waals surface area contributed by atoms with Gasteiger partial charge in [0.2, 0.25) is 0 Å². The zero-order chi connectivity index (χ0) is 28.1. The monoisotopic (exact) mass is 524 g/mol. The predicted octanol–water partition coefficient (Wildman–Crippen LogP) is 4.25. The summed E-state index contributed by atoms with van der Waals surface area (Å²) < 4.78 is 33.1. The molecule has 9 heteroatoms. The molecule has 0 aliphatic carbocycles. The molecule has 0 aromatic heterocycles. The number of carbonyl (C=O) groups is 3. The number of rotatable bonds is 17. The van der Waals surface area contributed by atoms with Crippen LogP contribution < -0.4 is 0 Å². The van der Waals surface area contributed by atoms with Gasteiger partial charge in [-0.1, -0.05) is 30.3 Å². The zero-order valence-electron chi connectivity index (χ0n) is 23.6. The Labute approximate surface area is 221 Å². The van der Waals surface area contributed by atoms with E-state index < -0.39 is 34.5 Å². The van der Waals surface area contributed by atoms with Gasteiger partial charge >= 0.3 is 17.9 Å². The van der Waals surface area contributed by atoms with Gasteiger partial charge in [-0.05, 0) is 61.0 Å². The van der Waals surface area contributed by atoms with E-state index in [1.807, 2.05) is 44.2 Å². The molecular weight excluding hydrogens is 480 g/mol. The van der Waals surface area contributed by atoms with Gasteiger partial charge in [0.25, 0.3) is 0 Å². The molecule has 37 heavy (non-hydrogen) atoms. The highest BCUT2D eigenvalue weighted by atomic mass is 16.6. The molecule has 0 fully saturated rings. The second-order valence-electron chi connectivity index (χ2n) is 10.3. The van der Waals surface area contributed by atoms with E-state index in [0.29, 0.717) is 13.0 Å². The quantitative estimate of drug-likeness (QED) is 0.168. The molecule has 0 heterocycles. The minimum Gasteiger partial charge on any atom is -0.464 e. The second-order valence-corrected chi connectivity index (χ2v) is 10.3. The zero-order valence-corrected chi connectivity index (χ0v) is 23.6. The number of ether oxygens (including phenoxy) is 6. The molecule has 1 aromatic carbocycles. The fourth-order valence-corrected chi connectivity index (χ4v) is 2.88. The van der Waals surface area contributed by atoms with Crippen molar-refractivity contribution in [2.45, 2.75) is 85.7 Å². The first-order valence-electron chi connectivity index (χ1n) is 12.7. The van der Waals surface area contributed by atoms with E-state index in [9.17, 15) is 14.4 Å². The third-order valence-corrected chi connectivity index (χ3v) is 5.44. The maximum atomic E-state index is 13.2. The molecule has 0 saturated carbocycles. The van der Waals surface area contributed by atoms with Crippen LogP contribution in [0.25, 0.3) is 0 Å². The van der Waals surface area contributed by atoms with Gasteiger partial charge in [-0.15, -0.1) is 0 Å².